The van der Waals surface area contributed by atoms with Gasteiger partial charge in [-0.2, -0.15) is 0 Å². The predicted octanol–water partition coefficient (Wildman–Crippen LogP) is 3.42. The molecule has 1 saturated carbocycles. The summed E-state index contributed by atoms with van der Waals surface area (Å²) in [4.78, 5) is 1.35. The van der Waals surface area contributed by atoms with Gasteiger partial charge in [0, 0.05) is 17.0 Å². The number of thiophene rings is 1. The molecule has 1 aromatic rings. The SMILES string of the molecule is CC1CC(C)(C)CCC1(CO)NCc1cccs1. The van der Waals surface area contributed by atoms with Crippen molar-refractivity contribution < 1.29 is 5.11 Å². The number of rotatable bonds is 4. The molecule has 1 aliphatic carbocycles. The third kappa shape index (κ3) is 2.95. The van der Waals surface area contributed by atoms with E-state index in [9.17, 15) is 5.11 Å². The highest BCUT2D eigenvalue weighted by molar-refractivity contribution is 7.09. The zero-order chi connectivity index (χ0) is 13.2. The summed E-state index contributed by atoms with van der Waals surface area (Å²) in [6, 6.07) is 4.24. The molecule has 1 heterocycles. The third-order valence-electron chi connectivity index (χ3n) is 4.53. The Hall–Kier alpha value is -0.380. The van der Waals surface area contributed by atoms with E-state index in [-0.39, 0.29) is 12.1 Å². The van der Waals surface area contributed by atoms with Crippen LogP contribution in [0.2, 0.25) is 0 Å². The average Bonchev–Trinajstić information content (AvgIpc) is 2.81. The summed E-state index contributed by atoms with van der Waals surface area (Å²) in [5, 5.41) is 15.6. The first-order chi connectivity index (χ1) is 8.47. The van der Waals surface area contributed by atoms with Crippen molar-refractivity contribution in [2.75, 3.05) is 6.61 Å². The maximum atomic E-state index is 9.85. The molecule has 2 rings (SSSR count). The summed E-state index contributed by atoms with van der Waals surface area (Å²) in [6.45, 7) is 8.07. The highest BCUT2D eigenvalue weighted by atomic mass is 32.1. The lowest BCUT2D eigenvalue weighted by molar-refractivity contribution is 0.0268. The van der Waals surface area contributed by atoms with Gasteiger partial charge in [0.25, 0.3) is 0 Å². The van der Waals surface area contributed by atoms with Crippen LogP contribution in [0.3, 0.4) is 0 Å². The van der Waals surface area contributed by atoms with Gasteiger partial charge >= 0.3 is 0 Å². The Morgan fingerprint density at radius 1 is 1.44 bits per heavy atom. The minimum atomic E-state index is -0.0838. The first kappa shape index (κ1) is 14.0. The molecule has 1 fully saturated rings. The Bertz CT molecular complexity index is 374. The van der Waals surface area contributed by atoms with Gasteiger partial charge in [-0.05, 0) is 42.0 Å². The summed E-state index contributed by atoms with van der Waals surface area (Å²) < 4.78 is 0. The minimum absolute atomic E-state index is 0.0838. The van der Waals surface area contributed by atoms with E-state index in [0.717, 1.165) is 13.0 Å². The molecule has 18 heavy (non-hydrogen) atoms. The highest BCUT2D eigenvalue weighted by Gasteiger charge is 2.43. The van der Waals surface area contributed by atoms with Crippen molar-refractivity contribution in [2.45, 2.75) is 52.1 Å². The number of nitrogens with one attached hydrogen (secondary N) is 1. The number of aliphatic hydroxyl groups excluding tert-OH is 1. The molecule has 0 spiro atoms. The minimum Gasteiger partial charge on any atom is -0.394 e. The Balaban J connectivity index is 2.02. The van der Waals surface area contributed by atoms with Crippen molar-refractivity contribution in [3.8, 4) is 0 Å². The Morgan fingerprint density at radius 2 is 2.22 bits per heavy atom. The molecule has 0 saturated heterocycles. The fourth-order valence-electron chi connectivity index (χ4n) is 3.16. The molecule has 2 unspecified atom stereocenters. The van der Waals surface area contributed by atoms with Crippen LogP contribution in [-0.4, -0.2) is 17.3 Å². The second-order valence-corrected chi connectivity index (χ2v) is 7.55. The predicted molar refractivity (Wildman–Crippen MR) is 77.8 cm³/mol. The Labute approximate surface area is 114 Å². The van der Waals surface area contributed by atoms with Crippen molar-refractivity contribution >= 4 is 11.3 Å². The maximum absolute atomic E-state index is 9.85. The van der Waals surface area contributed by atoms with E-state index in [1.807, 2.05) is 0 Å². The van der Waals surface area contributed by atoms with Crippen LogP contribution >= 0.6 is 11.3 Å². The van der Waals surface area contributed by atoms with Crippen molar-refractivity contribution in [3.05, 3.63) is 22.4 Å². The molecule has 102 valence electrons. The first-order valence-electron chi connectivity index (χ1n) is 6.86. The summed E-state index contributed by atoms with van der Waals surface area (Å²) >= 11 is 1.78. The van der Waals surface area contributed by atoms with E-state index in [1.165, 1.54) is 17.7 Å². The van der Waals surface area contributed by atoms with E-state index in [4.69, 9.17) is 0 Å². The molecule has 3 heteroatoms. The second-order valence-electron chi connectivity index (χ2n) is 6.52. The van der Waals surface area contributed by atoms with E-state index < -0.39 is 0 Å². The summed E-state index contributed by atoms with van der Waals surface area (Å²) in [6.07, 6.45) is 3.45. The smallest absolute Gasteiger partial charge is 0.0616 e. The first-order valence-corrected chi connectivity index (χ1v) is 7.74. The van der Waals surface area contributed by atoms with Gasteiger partial charge in [0.15, 0.2) is 0 Å². The molecule has 2 atom stereocenters. The molecule has 0 aliphatic heterocycles. The molecule has 0 radical (unpaired) electrons. The molecule has 1 aliphatic rings. The standard InChI is InChI=1S/C15H25NOS/c1-12-9-14(2,3)6-7-15(12,11-17)16-10-13-5-4-8-18-13/h4-5,8,12,16-17H,6-7,9-11H2,1-3H3. The molecule has 0 amide bonds. The quantitative estimate of drug-likeness (QED) is 0.876. The van der Waals surface area contributed by atoms with E-state index >= 15 is 0 Å². The van der Waals surface area contributed by atoms with Crippen LogP contribution in [0.4, 0.5) is 0 Å². The van der Waals surface area contributed by atoms with Crippen LogP contribution in [-0.2, 0) is 6.54 Å². The van der Waals surface area contributed by atoms with Crippen LogP contribution in [0.15, 0.2) is 17.5 Å². The molecule has 0 bridgehead atoms. The molecule has 0 aromatic carbocycles. The van der Waals surface area contributed by atoms with E-state index in [2.05, 4.69) is 43.6 Å². The Kier molecular flexibility index (Phi) is 4.15. The average molecular weight is 267 g/mol. The van der Waals surface area contributed by atoms with Crippen molar-refractivity contribution in [3.63, 3.8) is 0 Å². The fraction of sp³-hybridized carbons (Fsp3) is 0.733. The van der Waals surface area contributed by atoms with Crippen LogP contribution in [0, 0.1) is 11.3 Å². The zero-order valence-electron chi connectivity index (χ0n) is 11.7. The third-order valence-corrected chi connectivity index (χ3v) is 5.40. The topological polar surface area (TPSA) is 32.3 Å². The van der Waals surface area contributed by atoms with Gasteiger partial charge in [-0.1, -0.05) is 26.8 Å². The lowest BCUT2D eigenvalue weighted by Gasteiger charge is -2.48. The normalized spacial score (nSPS) is 31.4. The number of hydrogen-bond donors (Lipinski definition) is 2. The van der Waals surface area contributed by atoms with Crippen molar-refractivity contribution in [1.29, 1.82) is 0 Å². The molecular weight excluding hydrogens is 242 g/mol. The summed E-state index contributed by atoms with van der Waals surface area (Å²) in [5.74, 6) is 0.520. The van der Waals surface area contributed by atoms with Gasteiger partial charge in [-0.25, -0.2) is 0 Å². The number of hydrogen-bond acceptors (Lipinski definition) is 3. The van der Waals surface area contributed by atoms with Crippen LogP contribution in [0.25, 0.3) is 0 Å². The van der Waals surface area contributed by atoms with Gasteiger partial charge in [0.05, 0.1) is 6.61 Å². The lowest BCUT2D eigenvalue weighted by atomic mass is 9.64. The van der Waals surface area contributed by atoms with Gasteiger partial charge in [0.2, 0.25) is 0 Å². The van der Waals surface area contributed by atoms with Gasteiger partial charge in [0.1, 0.15) is 0 Å². The van der Waals surface area contributed by atoms with Gasteiger partial charge in [-0.15, -0.1) is 11.3 Å². The van der Waals surface area contributed by atoms with Crippen LogP contribution in [0.5, 0.6) is 0 Å². The lowest BCUT2D eigenvalue weighted by Crippen LogP contribution is -2.56. The molecule has 1 aromatic heterocycles. The second kappa shape index (κ2) is 5.32. The number of aliphatic hydroxyl groups is 1. The van der Waals surface area contributed by atoms with Crippen molar-refractivity contribution in [2.24, 2.45) is 11.3 Å². The monoisotopic (exact) mass is 267 g/mol. The summed E-state index contributed by atoms with van der Waals surface area (Å²) in [7, 11) is 0. The van der Waals surface area contributed by atoms with Gasteiger partial charge in [-0.3, -0.25) is 0 Å². The summed E-state index contributed by atoms with van der Waals surface area (Å²) in [5.41, 5.74) is 0.336. The van der Waals surface area contributed by atoms with E-state index in [0.29, 0.717) is 11.3 Å². The van der Waals surface area contributed by atoms with Crippen LogP contribution < -0.4 is 5.32 Å². The maximum Gasteiger partial charge on any atom is 0.0616 e. The van der Waals surface area contributed by atoms with Crippen LogP contribution in [0.1, 0.15) is 44.9 Å². The molecule has 2 N–H and O–H groups in total. The largest absolute Gasteiger partial charge is 0.394 e. The molecule has 2 nitrogen and oxygen atoms in total. The zero-order valence-corrected chi connectivity index (χ0v) is 12.5. The van der Waals surface area contributed by atoms with E-state index in [1.54, 1.807) is 11.3 Å². The Morgan fingerprint density at radius 3 is 2.78 bits per heavy atom. The fourth-order valence-corrected chi connectivity index (χ4v) is 3.81. The highest BCUT2D eigenvalue weighted by Crippen LogP contribution is 2.43. The molecular formula is C15H25NOS. The van der Waals surface area contributed by atoms with Gasteiger partial charge < -0.3 is 10.4 Å². The van der Waals surface area contributed by atoms with Crippen molar-refractivity contribution in [1.82, 2.24) is 5.32 Å².